The first kappa shape index (κ1) is 12.7. The number of fused-ring (bicyclic) bond motifs is 1. The molecule has 1 aromatic carbocycles. The first-order valence-corrected chi connectivity index (χ1v) is 6.38. The molecule has 0 fully saturated rings. The smallest absolute Gasteiger partial charge is 0.339 e. The van der Waals surface area contributed by atoms with E-state index in [0.29, 0.717) is 10.6 Å². The molecule has 0 aliphatic heterocycles. The molecule has 3 rings (SSSR count). The molecule has 100 valence electrons. The molecule has 3 aromatic rings. The molecule has 20 heavy (non-hydrogen) atoms. The number of pyridine rings is 1. The number of hydrogen-bond acceptors (Lipinski definition) is 3. The summed E-state index contributed by atoms with van der Waals surface area (Å²) < 4.78 is 6.58. The highest BCUT2D eigenvalue weighted by Gasteiger charge is 2.10. The van der Waals surface area contributed by atoms with E-state index in [1.807, 2.05) is 28.7 Å². The lowest BCUT2D eigenvalue weighted by atomic mass is 10.2. The maximum Gasteiger partial charge on any atom is 0.339 e. The van der Waals surface area contributed by atoms with Crippen LogP contribution in [0.5, 0.6) is 0 Å². The van der Waals surface area contributed by atoms with Crippen LogP contribution in [-0.4, -0.2) is 22.5 Å². The van der Waals surface area contributed by atoms with Gasteiger partial charge in [-0.15, -0.1) is 0 Å². The van der Waals surface area contributed by atoms with Crippen molar-refractivity contribution in [1.82, 2.24) is 9.38 Å². The zero-order valence-corrected chi connectivity index (χ0v) is 11.5. The van der Waals surface area contributed by atoms with Crippen LogP contribution >= 0.6 is 11.6 Å². The number of methoxy groups -OCH3 is 1. The second-order valence-electron chi connectivity index (χ2n) is 4.30. The summed E-state index contributed by atoms with van der Waals surface area (Å²) >= 11 is 6.01. The summed E-state index contributed by atoms with van der Waals surface area (Å²) in [6.07, 6.45) is 3.46. The van der Waals surface area contributed by atoms with Crippen molar-refractivity contribution >= 4 is 23.1 Å². The predicted molar refractivity (Wildman–Crippen MR) is 77.0 cm³/mol. The van der Waals surface area contributed by atoms with Crippen molar-refractivity contribution in [3.8, 4) is 11.4 Å². The molecule has 0 radical (unpaired) electrons. The van der Waals surface area contributed by atoms with Crippen molar-refractivity contribution < 1.29 is 9.53 Å². The van der Waals surface area contributed by atoms with Gasteiger partial charge in [0, 0.05) is 16.8 Å². The van der Waals surface area contributed by atoms with Crippen LogP contribution in [0.25, 0.3) is 16.9 Å². The first-order chi connectivity index (χ1) is 9.69. The number of carbonyl (C=O) groups excluding carboxylic acids is 1. The van der Waals surface area contributed by atoms with Crippen molar-refractivity contribution in [2.45, 2.75) is 0 Å². The van der Waals surface area contributed by atoms with Crippen LogP contribution in [0.3, 0.4) is 0 Å². The van der Waals surface area contributed by atoms with Crippen LogP contribution in [0.2, 0.25) is 5.02 Å². The van der Waals surface area contributed by atoms with E-state index in [1.54, 1.807) is 24.5 Å². The highest BCUT2D eigenvalue weighted by atomic mass is 35.5. The van der Waals surface area contributed by atoms with Gasteiger partial charge in [0.25, 0.3) is 0 Å². The Labute approximate surface area is 120 Å². The fourth-order valence-electron chi connectivity index (χ4n) is 2.07. The molecule has 5 heteroatoms. The van der Waals surface area contributed by atoms with E-state index in [9.17, 15) is 4.79 Å². The molecule has 0 aliphatic carbocycles. The Morgan fingerprint density at radius 3 is 2.90 bits per heavy atom. The quantitative estimate of drug-likeness (QED) is 0.678. The van der Waals surface area contributed by atoms with Crippen LogP contribution in [0.1, 0.15) is 10.4 Å². The standard InChI is InChI=1S/C15H11ClN2O2/c1-20-15(19)11-5-6-13-8-17-14(18(13)9-11)10-3-2-4-12(16)7-10/h2-9H,1H3. The zero-order valence-electron chi connectivity index (χ0n) is 10.7. The summed E-state index contributed by atoms with van der Waals surface area (Å²) in [4.78, 5) is 16.0. The highest BCUT2D eigenvalue weighted by Crippen LogP contribution is 2.23. The molecule has 0 aliphatic rings. The third kappa shape index (κ3) is 2.14. The molecular formula is C15H11ClN2O2. The maximum atomic E-state index is 11.6. The molecule has 0 unspecified atom stereocenters. The Morgan fingerprint density at radius 1 is 1.30 bits per heavy atom. The van der Waals surface area contributed by atoms with Gasteiger partial charge in [0.05, 0.1) is 24.4 Å². The molecule has 0 N–H and O–H groups in total. The first-order valence-electron chi connectivity index (χ1n) is 6.00. The van der Waals surface area contributed by atoms with Gasteiger partial charge in [-0.1, -0.05) is 23.7 Å². The molecule has 2 heterocycles. The largest absolute Gasteiger partial charge is 0.465 e. The van der Waals surface area contributed by atoms with Crippen molar-refractivity contribution in [3.05, 3.63) is 59.4 Å². The van der Waals surface area contributed by atoms with Crippen molar-refractivity contribution in [2.75, 3.05) is 7.11 Å². The second-order valence-corrected chi connectivity index (χ2v) is 4.73. The summed E-state index contributed by atoms with van der Waals surface area (Å²) in [6, 6.07) is 11.0. The third-order valence-corrected chi connectivity index (χ3v) is 3.27. The minimum absolute atomic E-state index is 0.377. The van der Waals surface area contributed by atoms with Gasteiger partial charge in [-0.2, -0.15) is 0 Å². The number of hydrogen-bond donors (Lipinski definition) is 0. The van der Waals surface area contributed by atoms with E-state index in [0.717, 1.165) is 16.9 Å². The van der Waals surface area contributed by atoms with Crippen LogP contribution in [0.4, 0.5) is 0 Å². The van der Waals surface area contributed by atoms with Crippen molar-refractivity contribution in [2.24, 2.45) is 0 Å². The third-order valence-electron chi connectivity index (χ3n) is 3.03. The molecule has 2 aromatic heterocycles. The van der Waals surface area contributed by atoms with Gasteiger partial charge in [-0.3, -0.25) is 4.40 Å². The van der Waals surface area contributed by atoms with E-state index in [-0.39, 0.29) is 5.97 Å². The van der Waals surface area contributed by atoms with Gasteiger partial charge in [-0.05, 0) is 24.3 Å². The van der Waals surface area contributed by atoms with Crippen LogP contribution in [0.15, 0.2) is 48.8 Å². The normalized spacial score (nSPS) is 10.7. The number of aromatic nitrogens is 2. The number of esters is 1. The Bertz CT molecular complexity index is 795. The average molecular weight is 287 g/mol. The summed E-state index contributed by atoms with van der Waals surface area (Å²) in [6.45, 7) is 0. The Hall–Kier alpha value is -2.33. The van der Waals surface area contributed by atoms with Crippen LogP contribution in [0, 0.1) is 0 Å². The van der Waals surface area contributed by atoms with Gasteiger partial charge in [-0.25, -0.2) is 9.78 Å². The topological polar surface area (TPSA) is 43.6 Å². The molecule has 0 saturated heterocycles. The van der Waals surface area contributed by atoms with Crippen LogP contribution in [-0.2, 0) is 4.74 Å². The van der Waals surface area contributed by atoms with E-state index in [4.69, 9.17) is 16.3 Å². The SMILES string of the molecule is COC(=O)c1ccc2cnc(-c3cccc(Cl)c3)n2c1. The molecule has 0 spiro atoms. The van der Waals surface area contributed by atoms with Crippen molar-refractivity contribution in [1.29, 1.82) is 0 Å². The zero-order chi connectivity index (χ0) is 14.1. The summed E-state index contributed by atoms with van der Waals surface area (Å²) in [5, 5.41) is 0.642. The Balaban J connectivity index is 2.19. The lowest BCUT2D eigenvalue weighted by Gasteiger charge is -2.04. The second kappa shape index (κ2) is 4.98. The average Bonchev–Trinajstić information content (AvgIpc) is 2.89. The fourth-order valence-corrected chi connectivity index (χ4v) is 2.26. The molecule has 4 nitrogen and oxygen atoms in total. The number of halogens is 1. The highest BCUT2D eigenvalue weighted by molar-refractivity contribution is 6.30. The molecule has 0 amide bonds. The molecular weight excluding hydrogens is 276 g/mol. The van der Waals surface area contributed by atoms with E-state index < -0.39 is 0 Å². The van der Waals surface area contributed by atoms with Gasteiger partial charge < -0.3 is 4.74 Å². The maximum absolute atomic E-state index is 11.6. The molecule has 0 bridgehead atoms. The lowest BCUT2D eigenvalue weighted by Crippen LogP contribution is -2.03. The number of carbonyl (C=O) groups is 1. The molecule has 0 saturated carbocycles. The number of nitrogens with zero attached hydrogens (tertiary/aromatic N) is 2. The van der Waals surface area contributed by atoms with E-state index in [1.165, 1.54) is 7.11 Å². The van der Waals surface area contributed by atoms with E-state index >= 15 is 0 Å². The van der Waals surface area contributed by atoms with Crippen LogP contribution < -0.4 is 0 Å². The van der Waals surface area contributed by atoms with Crippen molar-refractivity contribution in [3.63, 3.8) is 0 Å². The summed E-state index contributed by atoms with van der Waals surface area (Å²) in [7, 11) is 1.36. The lowest BCUT2D eigenvalue weighted by molar-refractivity contribution is 0.0600. The number of ether oxygens (including phenoxy) is 1. The minimum atomic E-state index is -0.377. The number of benzene rings is 1. The van der Waals surface area contributed by atoms with Gasteiger partial charge in [0.2, 0.25) is 0 Å². The van der Waals surface area contributed by atoms with Gasteiger partial charge in [0.1, 0.15) is 5.82 Å². The van der Waals surface area contributed by atoms with E-state index in [2.05, 4.69) is 4.98 Å². The van der Waals surface area contributed by atoms with Gasteiger partial charge in [0.15, 0.2) is 0 Å². The number of rotatable bonds is 2. The minimum Gasteiger partial charge on any atom is -0.465 e. The van der Waals surface area contributed by atoms with Gasteiger partial charge >= 0.3 is 5.97 Å². The summed E-state index contributed by atoms with van der Waals surface area (Å²) in [5.41, 5.74) is 2.26. The predicted octanol–water partition coefficient (Wildman–Crippen LogP) is 3.44. The number of imidazole rings is 1. The molecule has 0 atom stereocenters. The Kier molecular flexibility index (Phi) is 3.16. The summed E-state index contributed by atoms with van der Waals surface area (Å²) in [5.74, 6) is 0.353. The monoisotopic (exact) mass is 286 g/mol. The Morgan fingerprint density at radius 2 is 2.15 bits per heavy atom. The fraction of sp³-hybridized carbons (Fsp3) is 0.0667.